The second-order valence-electron chi connectivity index (χ2n) is 4.67. The highest BCUT2D eigenvalue weighted by molar-refractivity contribution is 6.06. The molecule has 1 spiro atoms. The van der Waals surface area contributed by atoms with Gasteiger partial charge in [-0.05, 0) is 12.8 Å². The normalized spacial score (nSPS) is 24.6. The first-order chi connectivity index (χ1) is 8.17. The van der Waals surface area contributed by atoms with Crippen LogP contribution in [-0.4, -0.2) is 51.0 Å². The molecule has 0 aromatic heterocycles. The average Bonchev–Trinajstić information content (AvgIpc) is 2.52. The van der Waals surface area contributed by atoms with Gasteiger partial charge >= 0.3 is 6.03 Å². The van der Waals surface area contributed by atoms with E-state index in [0.29, 0.717) is 12.8 Å². The first-order valence-corrected chi connectivity index (χ1v) is 6.02. The number of rotatable bonds is 2. The minimum Gasteiger partial charge on any atom is -0.376 e. The Hall–Kier alpha value is -1.14. The molecule has 96 valence electrons. The maximum atomic E-state index is 12.2. The molecule has 6 heteroatoms. The van der Waals surface area contributed by atoms with E-state index in [1.807, 2.05) is 0 Å². The Kier molecular flexibility index (Phi) is 3.35. The maximum absolute atomic E-state index is 12.2. The number of hydrogen-bond acceptors (Lipinski definition) is 4. The minimum atomic E-state index is -0.912. The van der Waals surface area contributed by atoms with Crippen LogP contribution < -0.4 is 0 Å². The predicted molar refractivity (Wildman–Crippen MR) is 58.7 cm³/mol. The van der Waals surface area contributed by atoms with E-state index in [2.05, 4.69) is 0 Å². The number of carbonyl (C=O) groups is 2. The topological polar surface area (TPSA) is 81.1 Å². The van der Waals surface area contributed by atoms with Crippen LogP contribution in [0, 0.1) is 0 Å². The number of imide groups is 1. The quantitative estimate of drug-likeness (QED) is 0.680. The Balaban J connectivity index is 2.35. The zero-order valence-corrected chi connectivity index (χ0v) is 9.76. The van der Waals surface area contributed by atoms with Crippen molar-refractivity contribution in [3.05, 3.63) is 0 Å². The first-order valence-electron chi connectivity index (χ1n) is 6.02. The first kappa shape index (κ1) is 12.3. The molecule has 3 amide bonds. The molecule has 1 heterocycles. The van der Waals surface area contributed by atoms with Crippen LogP contribution in [0.3, 0.4) is 0 Å². The monoisotopic (exact) mass is 242 g/mol. The van der Waals surface area contributed by atoms with Gasteiger partial charge in [-0.2, -0.15) is 0 Å². The summed E-state index contributed by atoms with van der Waals surface area (Å²) in [5.74, 6) is -0.360. The third-order valence-electron chi connectivity index (χ3n) is 3.84. The van der Waals surface area contributed by atoms with E-state index >= 15 is 0 Å². The molecule has 2 fully saturated rings. The Bertz CT molecular complexity index is 323. The van der Waals surface area contributed by atoms with Gasteiger partial charge in [0.25, 0.3) is 5.91 Å². The fraction of sp³-hybridized carbons (Fsp3) is 0.818. The number of nitrogens with zero attached hydrogens (tertiary/aromatic N) is 2. The molecule has 1 saturated carbocycles. The molecule has 1 aliphatic carbocycles. The molecule has 6 nitrogen and oxygen atoms in total. The predicted octanol–water partition coefficient (Wildman–Crippen LogP) is 0.243. The number of hydrogen-bond donors (Lipinski definition) is 2. The van der Waals surface area contributed by atoms with Gasteiger partial charge in [0.15, 0.2) is 0 Å². The molecule has 2 rings (SSSR count). The van der Waals surface area contributed by atoms with Crippen molar-refractivity contribution in [1.82, 2.24) is 9.80 Å². The van der Waals surface area contributed by atoms with E-state index in [4.69, 9.17) is 5.11 Å². The van der Waals surface area contributed by atoms with Crippen molar-refractivity contribution in [1.29, 1.82) is 0 Å². The summed E-state index contributed by atoms with van der Waals surface area (Å²) in [4.78, 5) is 26.1. The molecule has 0 aromatic rings. The van der Waals surface area contributed by atoms with Gasteiger partial charge in [0.1, 0.15) is 19.0 Å². The Morgan fingerprint density at radius 3 is 2.06 bits per heavy atom. The van der Waals surface area contributed by atoms with Crippen LogP contribution in [0.15, 0.2) is 0 Å². The minimum absolute atomic E-state index is 0.360. The van der Waals surface area contributed by atoms with Gasteiger partial charge in [-0.25, -0.2) is 9.69 Å². The molecule has 1 aliphatic heterocycles. The molecule has 17 heavy (non-hydrogen) atoms. The molecular weight excluding hydrogens is 224 g/mol. The van der Waals surface area contributed by atoms with Gasteiger partial charge in [-0.15, -0.1) is 0 Å². The van der Waals surface area contributed by atoms with Gasteiger partial charge in [0.2, 0.25) is 0 Å². The highest BCUT2D eigenvalue weighted by atomic mass is 16.3. The van der Waals surface area contributed by atoms with E-state index < -0.39 is 25.0 Å². The van der Waals surface area contributed by atoms with Gasteiger partial charge < -0.3 is 10.2 Å². The average molecular weight is 242 g/mol. The largest absolute Gasteiger partial charge is 0.376 e. The third kappa shape index (κ3) is 1.71. The van der Waals surface area contributed by atoms with Crippen LogP contribution >= 0.6 is 0 Å². The van der Waals surface area contributed by atoms with Crippen molar-refractivity contribution in [2.75, 3.05) is 13.5 Å². The molecule has 0 aromatic carbocycles. The zero-order valence-electron chi connectivity index (χ0n) is 9.76. The molecule has 0 atom stereocenters. The number of amides is 3. The number of urea groups is 1. The lowest BCUT2D eigenvalue weighted by Crippen LogP contribution is -2.49. The van der Waals surface area contributed by atoms with Crippen LogP contribution in [-0.2, 0) is 4.79 Å². The third-order valence-corrected chi connectivity index (χ3v) is 3.84. The van der Waals surface area contributed by atoms with E-state index in [1.54, 1.807) is 0 Å². The van der Waals surface area contributed by atoms with Crippen LogP contribution in [0.4, 0.5) is 4.79 Å². The van der Waals surface area contributed by atoms with E-state index in [0.717, 1.165) is 30.6 Å². The fourth-order valence-corrected chi connectivity index (χ4v) is 2.90. The lowest BCUT2D eigenvalue weighted by atomic mass is 9.89. The zero-order chi connectivity index (χ0) is 12.5. The second kappa shape index (κ2) is 4.62. The van der Waals surface area contributed by atoms with Gasteiger partial charge in [-0.1, -0.05) is 25.7 Å². The lowest BCUT2D eigenvalue weighted by molar-refractivity contribution is -0.137. The maximum Gasteiger partial charge on any atom is 0.331 e. The highest BCUT2D eigenvalue weighted by Crippen LogP contribution is 2.38. The number of aliphatic hydroxyl groups excluding tert-OH is 2. The summed E-state index contributed by atoms with van der Waals surface area (Å²) in [6.07, 6.45) is 4.98. The molecule has 2 aliphatic rings. The molecule has 1 saturated heterocycles. The molecule has 0 bridgehead atoms. The van der Waals surface area contributed by atoms with E-state index in [1.165, 1.54) is 4.90 Å². The Labute approximate surface area is 99.8 Å². The standard InChI is InChI=1S/C11H18N2O4/c14-7-12-9(16)11(13(8-15)10(12)17)5-3-1-2-4-6-11/h14-15H,1-8H2. The summed E-state index contributed by atoms with van der Waals surface area (Å²) in [5.41, 5.74) is -0.912. The number of carbonyl (C=O) groups excluding carboxylic acids is 2. The molecule has 2 N–H and O–H groups in total. The van der Waals surface area contributed by atoms with E-state index in [9.17, 15) is 14.7 Å². The van der Waals surface area contributed by atoms with Crippen molar-refractivity contribution in [2.24, 2.45) is 0 Å². The Morgan fingerprint density at radius 2 is 1.59 bits per heavy atom. The van der Waals surface area contributed by atoms with Crippen LogP contribution in [0.1, 0.15) is 38.5 Å². The van der Waals surface area contributed by atoms with Gasteiger partial charge in [0.05, 0.1) is 0 Å². The summed E-state index contributed by atoms with van der Waals surface area (Å²) < 4.78 is 0. The van der Waals surface area contributed by atoms with Gasteiger partial charge in [0, 0.05) is 0 Å². The van der Waals surface area contributed by atoms with Crippen molar-refractivity contribution < 1.29 is 19.8 Å². The smallest absolute Gasteiger partial charge is 0.331 e. The second-order valence-corrected chi connectivity index (χ2v) is 4.67. The summed E-state index contributed by atoms with van der Waals surface area (Å²) in [5, 5.41) is 18.4. The fourth-order valence-electron chi connectivity index (χ4n) is 2.90. The van der Waals surface area contributed by atoms with Crippen LogP contribution in [0.5, 0.6) is 0 Å². The molecular formula is C11H18N2O4. The van der Waals surface area contributed by atoms with Crippen molar-refractivity contribution in [3.8, 4) is 0 Å². The van der Waals surface area contributed by atoms with Crippen molar-refractivity contribution in [2.45, 2.75) is 44.1 Å². The summed E-state index contributed by atoms with van der Waals surface area (Å²) in [6.45, 7) is -1.09. The SMILES string of the molecule is O=C1N(CO)C(=O)C2(CCCCCC2)N1CO. The highest BCUT2D eigenvalue weighted by Gasteiger charge is 2.56. The molecule has 0 radical (unpaired) electrons. The van der Waals surface area contributed by atoms with Crippen LogP contribution in [0.2, 0.25) is 0 Å². The number of aliphatic hydroxyl groups is 2. The summed E-state index contributed by atoms with van der Waals surface area (Å²) in [6, 6.07) is -0.582. The van der Waals surface area contributed by atoms with E-state index in [-0.39, 0.29) is 5.91 Å². The van der Waals surface area contributed by atoms with Gasteiger partial charge in [-0.3, -0.25) is 9.69 Å². The van der Waals surface area contributed by atoms with Crippen molar-refractivity contribution >= 4 is 11.9 Å². The summed E-state index contributed by atoms with van der Waals surface area (Å²) in [7, 11) is 0. The Morgan fingerprint density at radius 1 is 1.00 bits per heavy atom. The van der Waals surface area contributed by atoms with Crippen molar-refractivity contribution in [3.63, 3.8) is 0 Å². The lowest BCUT2D eigenvalue weighted by Gasteiger charge is -2.32. The molecule has 0 unspecified atom stereocenters. The van der Waals surface area contributed by atoms with Crippen LogP contribution in [0.25, 0.3) is 0 Å². The summed E-state index contributed by atoms with van der Waals surface area (Å²) >= 11 is 0.